The van der Waals surface area contributed by atoms with Crippen LogP contribution in [-0.2, 0) is 7.05 Å². The summed E-state index contributed by atoms with van der Waals surface area (Å²) >= 11 is 1.11. The molecule has 6 nitrogen and oxygen atoms in total. The highest BCUT2D eigenvalue weighted by Crippen LogP contribution is 2.21. The molecule has 0 aliphatic heterocycles. The van der Waals surface area contributed by atoms with E-state index in [-0.39, 0.29) is 22.8 Å². The number of phenols is 1. The topological polar surface area (TPSA) is 80.9 Å². The first-order chi connectivity index (χ1) is 8.58. The molecule has 0 aliphatic rings. The SMILES string of the molecule is Cn1nnnc1SCC(=O)c1cc(F)ccc1O. The van der Waals surface area contributed by atoms with Crippen LogP contribution in [0.4, 0.5) is 4.39 Å². The van der Waals surface area contributed by atoms with Gasteiger partial charge in [-0.3, -0.25) is 4.79 Å². The Kier molecular flexibility index (Phi) is 3.56. The number of benzene rings is 1. The van der Waals surface area contributed by atoms with Gasteiger partial charge in [0.05, 0.1) is 11.3 Å². The highest BCUT2D eigenvalue weighted by molar-refractivity contribution is 7.99. The van der Waals surface area contributed by atoms with Gasteiger partial charge in [0.15, 0.2) is 5.78 Å². The second-order valence-corrected chi connectivity index (χ2v) is 4.40. The van der Waals surface area contributed by atoms with Crippen LogP contribution in [0.2, 0.25) is 0 Å². The van der Waals surface area contributed by atoms with Gasteiger partial charge in [-0.1, -0.05) is 11.8 Å². The lowest BCUT2D eigenvalue weighted by Crippen LogP contribution is -2.05. The van der Waals surface area contributed by atoms with Crippen LogP contribution in [0, 0.1) is 5.82 Å². The van der Waals surface area contributed by atoms with Crippen molar-refractivity contribution in [1.29, 1.82) is 0 Å². The van der Waals surface area contributed by atoms with E-state index in [1.54, 1.807) is 7.05 Å². The Morgan fingerprint density at radius 3 is 3.00 bits per heavy atom. The molecule has 0 bridgehead atoms. The van der Waals surface area contributed by atoms with E-state index in [1.165, 1.54) is 4.68 Å². The first kappa shape index (κ1) is 12.5. The zero-order valence-electron chi connectivity index (χ0n) is 9.37. The Labute approximate surface area is 106 Å². The van der Waals surface area contributed by atoms with Crippen LogP contribution in [0.5, 0.6) is 5.75 Å². The van der Waals surface area contributed by atoms with Crippen molar-refractivity contribution in [2.75, 3.05) is 5.75 Å². The molecule has 0 radical (unpaired) electrons. The Morgan fingerprint density at radius 1 is 1.56 bits per heavy atom. The molecule has 0 amide bonds. The van der Waals surface area contributed by atoms with Crippen LogP contribution in [0.1, 0.15) is 10.4 Å². The van der Waals surface area contributed by atoms with Crippen LogP contribution in [-0.4, -0.2) is 36.8 Å². The number of thioether (sulfide) groups is 1. The van der Waals surface area contributed by atoms with E-state index in [2.05, 4.69) is 15.5 Å². The minimum absolute atomic E-state index is 0.0191. The van der Waals surface area contributed by atoms with Crippen molar-refractivity contribution < 1.29 is 14.3 Å². The molecule has 1 aromatic heterocycles. The van der Waals surface area contributed by atoms with Gasteiger partial charge in [-0.05, 0) is 28.6 Å². The number of carbonyl (C=O) groups is 1. The van der Waals surface area contributed by atoms with Crippen molar-refractivity contribution in [3.63, 3.8) is 0 Å². The quantitative estimate of drug-likeness (QED) is 0.659. The summed E-state index contributed by atoms with van der Waals surface area (Å²) in [6, 6.07) is 3.25. The standard InChI is InChI=1S/C10H9FN4O2S/c1-15-10(12-13-14-15)18-5-9(17)7-4-6(11)2-3-8(7)16/h2-4,16H,5H2,1H3. The van der Waals surface area contributed by atoms with Crippen molar-refractivity contribution in [1.82, 2.24) is 20.2 Å². The van der Waals surface area contributed by atoms with Crippen LogP contribution in [0.15, 0.2) is 23.4 Å². The first-order valence-corrected chi connectivity index (χ1v) is 5.93. The lowest BCUT2D eigenvalue weighted by Gasteiger charge is -2.03. The van der Waals surface area contributed by atoms with Crippen molar-refractivity contribution in [2.45, 2.75) is 5.16 Å². The largest absolute Gasteiger partial charge is 0.507 e. The fraction of sp³-hybridized carbons (Fsp3) is 0.200. The molecule has 94 valence electrons. The molecule has 0 unspecified atom stereocenters. The van der Waals surface area contributed by atoms with Gasteiger partial charge in [-0.25, -0.2) is 9.07 Å². The number of aromatic nitrogens is 4. The van der Waals surface area contributed by atoms with E-state index in [0.29, 0.717) is 5.16 Å². The molecule has 18 heavy (non-hydrogen) atoms. The number of ketones is 1. The molecule has 0 aliphatic carbocycles. The van der Waals surface area contributed by atoms with Gasteiger partial charge in [-0.15, -0.1) is 5.10 Å². The maximum atomic E-state index is 13.0. The lowest BCUT2D eigenvalue weighted by atomic mass is 10.1. The van der Waals surface area contributed by atoms with Crippen LogP contribution in [0.25, 0.3) is 0 Å². The van der Waals surface area contributed by atoms with E-state index in [4.69, 9.17) is 0 Å². The maximum Gasteiger partial charge on any atom is 0.209 e. The van der Waals surface area contributed by atoms with Gasteiger partial charge in [0.1, 0.15) is 11.6 Å². The van der Waals surface area contributed by atoms with Crippen molar-refractivity contribution in [3.8, 4) is 5.75 Å². The first-order valence-electron chi connectivity index (χ1n) is 4.95. The maximum absolute atomic E-state index is 13.0. The summed E-state index contributed by atoms with van der Waals surface area (Å²) in [4.78, 5) is 11.8. The summed E-state index contributed by atoms with van der Waals surface area (Å²) in [6.45, 7) is 0. The van der Waals surface area contributed by atoms with Crippen LogP contribution >= 0.6 is 11.8 Å². The molecular formula is C10H9FN4O2S. The van der Waals surface area contributed by atoms with E-state index in [0.717, 1.165) is 30.0 Å². The summed E-state index contributed by atoms with van der Waals surface area (Å²) < 4.78 is 14.4. The third kappa shape index (κ3) is 2.65. The number of tetrazole rings is 1. The van der Waals surface area contributed by atoms with Crippen molar-refractivity contribution in [3.05, 3.63) is 29.6 Å². The summed E-state index contributed by atoms with van der Waals surface area (Å²) in [6.07, 6.45) is 0. The number of rotatable bonds is 4. The van der Waals surface area contributed by atoms with E-state index < -0.39 is 5.82 Å². The number of aromatic hydroxyl groups is 1. The highest BCUT2D eigenvalue weighted by Gasteiger charge is 2.14. The van der Waals surface area contributed by atoms with Gasteiger partial charge in [0.25, 0.3) is 0 Å². The third-order valence-electron chi connectivity index (χ3n) is 2.17. The van der Waals surface area contributed by atoms with E-state index >= 15 is 0 Å². The summed E-state index contributed by atoms with van der Waals surface area (Å²) in [7, 11) is 1.65. The Bertz CT molecular complexity index is 587. The number of phenolic OH excluding ortho intramolecular Hbond substituents is 1. The molecule has 0 saturated heterocycles. The number of nitrogens with zero attached hydrogens (tertiary/aromatic N) is 4. The summed E-state index contributed by atoms with van der Waals surface area (Å²) in [5, 5.41) is 20.7. The number of halogens is 1. The molecule has 0 atom stereocenters. The normalized spacial score (nSPS) is 10.6. The zero-order valence-corrected chi connectivity index (χ0v) is 10.2. The molecule has 1 aromatic carbocycles. The number of Topliss-reactive ketones (excluding diaryl/α,β-unsaturated/α-hetero) is 1. The molecule has 0 fully saturated rings. The predicted molar refractivity (Wildman–Crippen MR) is 61.9 cm³/mol. The lowest BCUT2D eigenvalue weighted by molar-refractivity contribution is 0.101. The van der Waals surface area contributed by atoms with Gasteiger partial charge < -0.3 is 5.11 Å². The number of hydrogen-bond acceptors (Lipinski definition) is 6. The second-order valence-electron chi connectivity index (χ2n) is 3.46. The average Bonchev–Trinajstić information content (AvgIpc) is 2.75. The molecule has 1 N–H and O–H groups in total. The molecule has 2 rings (SSSR count). The van der Waals surface area contributed by atoms with Crippen LogP contribution < -0.4 is 0 Å². The fourth-order valence-electron chi connectivity index (χ4n) is 1.28. The number of aryl methyl sites for hydroxylation is 1. The predicted octanol–water partition coefficient (Wildman–Crippen LogP) is 1.03. The van der Waals surface area contributed by atoms with Crippen LogP contribution in [0.3, 0.4) is 0 Å². The molecular weight excluding hydrogens is 259 g/mol. The minimum Gasteiger partial charge on any atom is -0.507 e. The molecule has 8 heteroatoms. The number of hydrogen-bond donors (Lipinski definition) is 1. The number of carbonyl (C=O) groups excluding carboxylic acids is 1. The Morgan fingerprint density at radius 2 is 2.33 bits per heavy atom. The van der Waals surface area contributed by atoms with E-state index in [9.17, 15) is 14.3 Å². The smallest absolute Gasteiger partial charge is 0.209 e. The Balaban J connectivity index is 2.08. The minimum atomic E-state index is -0.568. The average molecular weight is 268 g/mol. The van der Waals surface area contributed by atoms with Gasteiger partial charge in [0.2, 0.25) is 5.16 Å². The molecule has 2 aromatic rings. The van der Waals surface area contributed by atoms with Gasteiger partial charge >= 0.3 is 0 Å². The Hall–Kier alpha value is -1.96. The third-order valence-corrected chi connectivity index (χ3v) is 3.18. The zero-order chi connectivity index (χ0) is 13.1. The summed E-state index contributed by atoms with van der Waals surface area (Å²) in [5.41, 5.74) is -0.0439. The molecule has 0 saturated carbocycles. The monoisotopic (exact) mass is 268 g/mol. The fourth-order valence-corrected chi connectivity index (χ4v) is 2.02. The van der Waals surface area contributed by atoms with E-state index in [1.807, 2.05) is 0 Å². The van der Waals surface area contributed by atoms with Gasteiger partial charge in [0, 0.05) is 7.05 Å². The van der Waals surface area contributed by atoms with Crippen molar-refractivity contribution >= 4 is 17.5 Å². The second kappa shape index (κ2) is 5.13. The van der Waals surface area contributed by atoms with Gasteiger partial charge in [-0.2, -0.15) is 0 Å². The highest BCUT2D eigenvalue weighted by atomic mass is 32.2. The summed E-state index contributed by atoms with van der Waals surface area (Å²) in [5.74, 6) is -1.18. The molecule has 0 spiro atoms. The van der Waals surface area contributed by atoms with Crippen molar-refractivity contribution in [2.24, 2.45) is 7.05 Å². The molecule has 1 heterocycles.